The van der Waals surface area contributed by atoms with Crippen LogP contribution in [0.3, 0.4) is 0 Å². The van der Waals surface area contributed by atoms with E-state index in [9.17, 15) is 0 Å². The van der Waals surface area contributed by atoms with E-state index >= 15 is 0 Å². The van der Waals surface area contributed by atoms with Crippen molar-refractivity contribution in [2.24, 2.45) is 0 Å². The third-order valence-electron chi connectivity index (χ3n) is 4.33. The van der Waals surface area contributed by atoms with Gasteiger partial charge >= 0.3 is 0 Å². The van der Waals surface area contributed by atoms with Crippen LogP contribution in [0, 0.1) is 0 Å². The van der Waals surface area contributed by atoms with Crippen LogP contribution < -0.4 is 4.74 Å². The highest BCUT2D eigenvalue weighted by Crippen LogP contribution is 2.35. The number of benzene rings is 2. The second kappa shape index (κ2) is 9.44. The molecule has 1 heterocycles. The van der Waals surface area contributed by atoms with Gasteiger partial charge in [-0.25, -0.2) is 0 Å². The molecule has 0 radical (unpaired) electrons. The number of aryl methyl sites for hydroxylation is 1. The quantitative estimate of drug-likeness (QED) is 0.686. The first-order valence-corrected chi connectivity index (χ1v) is 9.43. The van der Waals surface area contributed by atoms with Gasteiger partial charge in [-0.1, -0.05) is 53.5 Å². The number of hydrogen-bond donors (Lipinski definition) is 0. The second-order valence-electron chi connectivity index (χ2n) is 6.22. The van der Waals surface area contributed by atoms with Gasteiger partial charge in [0.05, 0.1) is 23.3 Å². The van der Waals surface area contributed by atoms with E-state index in [1.807, 2.05) is 42.5 Å². The third kappa shape index (κ3) is 5.61. The molecule has 0 saturated carbocycles. The molecule has 1 saturated heterocycles. The monoisotopic (exact) mass is 379 g/mol. The van der Waals surface area contributed by atoms with E-state index in [0.29, 0.717) is 22.4 Å². The molecule has 2 aromatic carbocycles. The summed E-state index contributed by atoms with van der Waals surface area (Å²) in [5.74, 6) is 0.559. The molecule has 25 heavy (non-hydrogen) atoms. The molecule has 0 unspecified atom stereocenters. The minimum absolute atomic E-state index is 0.455. The molecule has 1 aliphatic heterocycles. The van der Waals surface area contributed by atoms with Gasteiger partial charge in [0.1, 0.15) is 6.61 Å². The van der Waals surface area contributed by atoms with Gasteiger partial charge in [-0.2, -0.15) is 0 Å². The van der Waals surface area contributed by atoms with Crippen LogP contribution in [0.1, 0.15) is 17.5 Å². The zero-order chi connectivity index (χ0) is 17.5. The van der Waals surface area contributed by atoms with Crippen LogP contribution in [0.25, 0.3) is 0 Å². The van der Waals surface area contributed by atoms with Gasteiger partial charge in [-0.05, 0) is 42.6 Å². The van der Waals surface area contributed by atoms with Gasteiger partial charge in [-0.3, -0.25) is 4.90 Å². The van der Waals surface area contributed by atoms with E-state index in [0.717, 1.165) is 56.8 Å². The van der Waals surface area contributed by atoms with Gasteiger partial charge in [0.2, 0.25) is 0 Å². The Morgan fingerprint density at radius 2 is 1.64 bits per heavy atom. The molecule has 1 aliphatic rings. The van der Waals surface area contributed by atoms with Crippen LogP contribution in [0.2, 0.25) is 10.0 Å². The van der Waals surface area contributed by atoms with E-state index in [1.165, 1.54) is 0 Å². The maximum atomic E-state index is 6.39. The molecule has 5 heteroatoms. The lowest BCUT2D eigenvalue weighted by molar-refractivity contribution is 0.0375. The van der Waals surface area contributed by atoms with Crippen molar-refractivity contribution in [2.75, 3.05) is 32.8 Å². The third-order valence-corrected chi connectivity index (χ3v) is 4.89. The van der Waals surface area contributed by atoms with Gasteiger partial charge in [0, 0.05) is 13.1 Å². The summed E-state index contributed by atoms with van der Waals surface area (Å²) >= 11 is 12.8. The first kappa shape index (κ1) is 18.5. The lowest BCUT2D eigenvalue weighted by Gasteiger charge is -2.26. The number of nitrogens with zero attached hydrogens (tertiary/aromatic N) is 1. The highest BCUT2D eigenvalue weighted by molar-refractivity contribution is 6.37. The SMILES string of the molecule is Clc1cc(CCCN2CCOCC2)cc(Cl)c1OCc1ccccc1. The number of hydrogen-bond acceptors (Lipinski definition) is 3. The summed E-state index contributed by atoms with van der Waals surface area (Å²) in [4.78, 5) is 2.43. The average Bonchev–Trinajstić information content (AvgIpc) is 2.63. The average molecular weight is 380 g/mol. The Morgan fingerprint density at radius 3 is 2.32 bits per heavy atom. The van der Waals surface area contributed by atoms with Crippen molar-refractivity contribution in [2.45, 2.75) is 19.4 Å². The molecule has 0 N–H and O–H groups in total. The number of rotatable bonds is 7. The smallest absolute Gasteiger partial charge is 0.156 e. The van der Waals surface area contributed by atoms with Crippen LogP contribution in [-0.2, 0) is 17.8 Å². The minimum atomic E-state index is 0.455. The van der Waals surface area contributed by atoms with Crippen molar-refractivity contribution in [3.05, 3.63) is 63.6 Å². The molecule has 0 atom stereocenters. The fraction of sp³-hybridized carbons (Fsp3) is 0.400. The zero-order valence-electron chi connectivity index (χ0n) is 14.2. The fourth-order valence-corrected chi connectivity index (χ4v) is 3.60. The summed E-state index contributed by atoms with van der Waals surface area (Å²) in [7, 11) is 0. The van der Waals surface area contributed by atoms with E-state index in [2.05, 4.69) is 4.90 Å². The molecule has 0 amide bonds. The standard InChI is InChI=1S/C20H23Cl2NO2/c21-18-13-17(7-4-8-23-9-11-24-12-10-23)14-19(22)20(18)25-15-16-5-2-1-3-6-16/h1-3,5-6,13-14H,4,7-12,15H2. The fourth-order valence-electron chi connectivity index (χ4n) is 2.96. The van der Waals surface area contributed by atoms with Crippen LogP contribution in [0.15, 0.2) is 42.5 Å². The summed E-state index contributed by atoms with van der Waals surface area (Å²) in [6.45, 7) is 5.25. The largest absolute Gasteiger partial charge is 0.486 e. The van der Waals surface area contributed by atoms with E-state index < -0.39 is 0 Å². The van der Waals surface area contributed by atoms with Gasteiger partial charge in [0.15, 0.2) is 5.75 Å². The Hall–Kier alpha value is -1.26. The lowest BCUT2D eigenvalue weighted by Crippen LogP contribution is -2.36. The van der Waals surface area contributed by atoms with Crippen LogP contribution >= 0.6 is 23.2 Å². The zero-order valence-corrected chi connectivity index (χ0v) is 15.7. The summed E-state index contributed by atoms with van der Waals surface area (Å²) in [6.07, 6.45) is 2.03. The van der Waals surface area contributed by atoms with Crippen molar-refractivity contribution >= 4 is 23.2 Å². The summed E-state index contributed by atoms with van der Waals surface area (Å²) in [5, 5.41) is 1.15. The topological polar surface area (TPSA) is 21.7 Å². The molecule has 1 fully saturated rings. The van der Waals surface area contributed by atoms with Crippen molar-refractivity contribution in [3.8, 4) is 5.75 Å². The molecular formula is C20H23Cl2NO2. The summed E-state index contributed by atoms with van der Waals surface area (Å²) in [5.41, 5.74) is 2.24. The first-order valence-electron chi connectivity index (χ1n) is 8.67. The molecule has 0 aliphatic carbocycles. The molecule has 2 aromatic rings. The predicted molar refractivity (Wildman–Crippen MR) is 103 cm³/mol. The molecule has 0 spiro atoms. The van der Waals surface area contributed by atoms with Crippen LogP contribution in [-0.4, -0.2) is 37.7 Å². The molecule has 134 valence electrons. The highest BCUT2D eigenvalue weighted by Gasteiger charge is 2.12. The van der Waals surface area contributed by atoms with E-state index in [1.54, 1.807) is 0 Å². The predicted octanol–water partition coefficient (Wildman–Crippen LogP) is 4.84. The van der Waals surface area contributed by atoms with Crippen molar-refractivity contribution < 1.29 is 9.47 Å². The second-order valence-corrected chi connectivity index (χ2v) is 7.03. The summed E-state index contributed by atoms with van der Waals surface area (Å²) in [6, 6.07) is 13.9. The van der Waals surface area contributed by atoms with E-state index in [4.69, 9.17) is 32.7 Å². The van der Waals surface area contributed by atoms with Crippen LogP contribution in [0.4, 0.5) is 0 Å². The number of halogens is 2. The Morgan fingerprint density at radius 1 is 0.960 bits per heavy atom. The number of ether oxygens (including phenoxy) is 2. The maximum Gasteiger partial charge on any atom is 0.156 e. The maximum absolute atomic E-state index is 6.39. The Bertz CT molecular complexity index is 650. The normalized spacial score (nSPS) is 15.3. The summed E-state index contributed by atoms with van der Waals surface area (Å²) < 4.78 is 11.2. The lowest BCUT2D eigenvalue weighted by atomic mass is 10.1. The molecular weight excluding hydrogens is 357 g/mol. The first-order chi connectivity index (χ1) is 12.2. The van der Waals surface area contributed by atoms with Gasteiger partial charge in [0.25, 0.3) is 0 Å². The molecule has 3 nitrogen and oxygen atoms in total. The Balaban J connectivity index is 1.54. The Labute approximate surface area is 159 Å². The molecule has 0 aromatic heterocycles. The minimum Gasteiger partial charge on any atom is -0.486 e. The van der Waals surface area contributed by atoms with Gasteiger partial charge < -0.3 is 9.47 Å². The van der Waals surface area contributed by atoms with Crippen LogP contribution in [0.5, 0.6) is 5.75 Å². The van der Waals surface area contributed by atoms with Gasteiger partial charge in [-0.15, -0.1) is 0 Å². The van der Waals surface area contributed by atoms with Crippen molar-refractivity contribution in [1.29, 1.82) is 0 Å². The number of morpholine rings is 1. The molecule has 3 rings (SSSR count). The van der Waals surface area contributed by atoms with Crippen molar-refractivity contribution in [3.63, 3.8) is 0 Å². The van der Waals surface area contributed by atoms with E-state index in [-0.39, 0.29) is 0 Å². The Kier molecular flexibility index (Phi) is 7.00. The highest BCUT2D eigenvalue weighted by atomic mass is 35.5. The molecule has 0 bridgehead atoms. The van der Waals surface area contributed by atoms with Crippen molar-refractivity contribution in [1.82, 2.24) is 4.90 Å².